The maximum absolute atomic E-state index is 12.3. The van der Waals surface area contributed by atoms with Crippen LogP contribution < -0.4 is 5.32 Å². The normalized spacial score (nSPS) is 10.2. The average Bonchev–Trinajstić information content (AvgIpc) is 2.56. The molecule has 0 bridgehead atoms. The van der Waals surface area contributed by atoms with E-state index < -0.39 is 0 Å². The summed E-state index contributed by atoms with van der Waals surface area (Å²) in [6.07, 6.45) is 0.924. The molecule has 0 radical (unpaired) electrons. The number of hydrogen-bond donors (Lipinski definition) is 1. The van der Waals surface area contributed by atoms with Crippen molar-refractivity contribution in [1.29, 1.82) is 0 Å². The fraction of sp³-hybridized carbons (Fsp3) is 0.222. The molecule has 2 amide bonds. The average molecular weight is 331 g/mol. The lowest BCUT2D eigenvalue weighted by atomic mass is 10.1. The summed E-state index contributed by atoms with van der Waals surface area (Å²) in [7, 11) is 1.61. The van der Waals surface area contributed by atoms with Gasteiger partial charge < -0.3 is 10.2 Å². The quantitative estimate of drug-likeness (QED) is 0.910. The Kier molecular flexibility index (Phi) is 5.77. The molecule has 0 atom stereocenters. The number of carbonyl (C=O) groups is 2. The van der Waals surface area contributed by atoms with Crippen molar-refractivity contribution in [3.05, 3.63) is 64.7 Å². The van der Waals surface area contributed by atoms with Gasteiger partial charge in [0.1, 0.15) is 0 Å². The molecule has 0 aliphatic carbocycles. The van der Waals surface area contributed by atoms with Gasteiger partial charge in [-0.1, -0.05) is 30.7 Å². The number of benzene rings is 2. The lowest BCUT2D eigenvalue weighted by Crippen LogP contribution is -2.34. The SMILES string of the molecule is CCc1ccc(C(=O)N(C)CC(=O)Nc2ccc(Cl)cc2)cc1. The predicted octanol–water partition coefficient (Wildman–Crippen LogP) is 3.61. The van der Waals surface area contributed by atoms with Crippen LogP contribution in [0.15, 0.2) is 48.5 Å². The van der Waals surface area contributed by atoms with Gasteiger partial charge in [0.2, 0.25) is 5.91 Å². The summed E-state index contributed by atoms with van der Waals surface area (Å²) in [5, 5.41) is 3.34. The van der Waals surface area contributed by atoms with Crippen LogP contribution in [0.1, 0.15) is 22.8 Å². The number of nitrogens with zero attached hydrogens (tertiary/aromatic N) is 1. The molecule has 5 heteroatoms. The molecule has 0 saturated carbocycles. The van der Waals surface area contributed by atoms with Crippen LogP contribution in [0, 0.1) is 0 Å². The molecule has 0 unspecified atom stereocenters. The minimum atomic E-state index is -0.256. The van der Waals surface area contributed by atoms with Gasteiger partial charge in [0.25, 0.3) is 5.91 Å². The Bertz CT molecular complexity index is 681. The number of rotatable bonds is 5. The van der Waals surface area contributed by atoms with Crippen molar-refractivity contribution in [1.82, 2.24) is 4.90 Å². The number of amides is 2. The monoisotopic (exact) mass is 330 g/mol. The Labute approximate surface area is 141 Å². The summed E-state index contributed by atoms with van der Waals surface area (Å²) in [6, 6.07) is 14.2. The summed E-state index contributed by atoms with van der Waals surface area (Å²) < 4.78 is 0. The van der Waals surface area contributed by atoms with Crippen LogP contribution in [-0.2, 0) is 11.2 Å². The molecule has 2 rings (SSSR count). The highest BCUT2D eigenvalue weighted by Crippen LogP contribution is 2.13. The zero-order valence-electron chi connectivity index (χ0n) is 13.2. The van der Waals surface area contributed by atoms with Crippen LogP contribution in [-0.4, -0.2) is 30.3 Å². The van der Waals surface area contributed by atoms with E-state index in [1.54, 1.807) is 43.4 Å². The Morgan fingerprint density at radius 3 is 2.22 bits per heavy atom. The van der Waals surface area contributed by atoms with E-state index >= 15 is 0 Å². The van der Waals surface area contributed by atoms with Crippen molar-refractivity contribution in [2.45, 2.75) is 13.3 Å². The molecule has 120 valence electrons. The van der Waals surface area contributed by atoms with E-state index in [0.717, 1.165) is 6.42 Å². The molecule has 0 fully saturated rings. The Morgan fingerprint density at radius 2 is 1.65 bits per heavy atom. The smallest absolute Gasteiger partial charge is 0.254 e. The van der Waals surface area contributed by atoms with Gasteiger partial charge in [-0.05, 0) is 48.4 Å². The number of hydrogen-bond acceptors (Lipinski definition) is 2. The van der Waals surface area contributed by atoms with Crippen molar-refractivity contribution >= 4 is 29.1 Å². The number of carbonyl (C=O) groups excluding carboxylic acids is 2. The van der Waals surface area contributed by atoms with Crippen LogP contribution in [0.2, 0.25) is 5.02 Å². The Morgan fingerprint density at radius 1 is 1.04 bits per heavy atom. The number of halogens is 1. The van der Waals surface area contributed by atoms with Gasteiger partial charge in [-0.15, -0.1) is 0 Å². The first kappa shape index (κ1) is 17.0. The van der Waals surface area contributed by atoms with Gasteiger partial charge in [0.05, 0.1) is 6.54 Å². The maximum atomic E-state index is 12.3. The first-order chi connectivity index (χ1) is 11.0. The summed E-state index contributed by atoms with van der Waals surface area (Å²) in [4.78, 5) is 25.7. The fourth-order valence-electron chi connectivity index (χ4n) is 2.12. The second kappa shape index (κ2) is 7.79. The molecule has 0 spiro atoms. The first-order valence-electron chi connectivity index (χ1n) is 7.39. The molecule has 0 aliphatic rings. The third-order valence-corrected chi connectivity index (χ3v) is 3.72. The van der Waals surface area contributed by atoms with Crippen molar-refractivity contribution in [2.24, 2.45) is 0 Å². The highest BCUT2D eigenvalue weighted by molar-refractivity contribution is 6.30. The van der Waals surface area contributed by atoms with Crippen LogP contribution >= 0.6 is 11.6 Å². The number of anilines is 1. The summed E-state index contributed by atoms with van der Waals surface area (Å²) in [5.41, 5.74) is 2.39. The Balaban J connectivity index is 1.94. The molecule has 23 heavy (non-hydrogen) atoms. The zero-order valence-corrected chi connectivity index (χ0v) is 13.9. The molecule has 1 N–H and O–H groups in total. The molecule has 0 aliphatic heterocycles. The number of likely N-dealkylation sites (N-methyl/N-ethyl adjacent to an activating group) is 1. The fourth-order valence-corrected chi connectivity index (χ4v) is 2.25. The zero-order chi connectivity index (χ0) is 16.8. The van der Waals surface area contributed by atoms with Crippen LogP contribution in [0.5, 0.6) is 0 Å². The lowest BCUT2D eigenvalue weighted by molar-refractivity contribution is -0.116. The Hall–Kier alpha value is -2.33. The summed E-state index contributed by atoms with van der Waals surface area (Å²) >= 11 is 5.80. The molecule has 0 aromatic heterocycles. The van der Waals surface area contributed by atoms with Crippen molar-refractivity contribution < 1.29 is 9.59 Å². The van der Waals surface area contributed by atoms with Gasteiger partial charge in [-0.2, -0.15) is 0 Å². The minimum Gasteiger partial charge on any atom is -0.332 e. The molecular formula is C18H19ClN2O2. The molecule has 2 aromatic rings. The molecule has 2 aromatic carbocycles. The standard InChI is InChI=1S/C18H19ClN2O2/c1-3-13-4-6-14(7-5-13)18(23)21(2)12-17(22)20-16-10-8-15(19)9-11-16/h4-11H,3,12H2,1-2H3,(H,20,22). The van der Waals surface area contributed by atoms with E-state index in [0.29, 0.717) is 16.3 Å². The van der Waals surface area contributed by atoms with Crippen LogP contribution in [0.25, 0.3) is 0 Å². The van der Waals surface area contributed by atoms with Gasteiger partial charge in [-0.25, -0.2) is 0 Å². The van der Waals surface area contributed by atoms with Crippen molar-refractivity contribution in [3.63, 3.8) is 0 Å². The van der Waals surface area contributed by atoms with Gasteiger partial charge in [-0.3, -0.25) is 9.59 Å². The maximum Gasteiger partial charge on any atom is 0.254 e. The minimum absolute atomic E-state index is 0.0169. The second-order valence-corrected chi connectivity index (χ2v) is 5.70. The largest absolute Gasteiger partial charge is 0.332 e. The topological polar surface area (TPSA) is 49.4 Å². The van der Waals surface area contributed by atoms with Gasteiger partial charge in [0.15, 0.2) is 0 Å². The van der Waals surface area contributed by atoms with Crippen molar-refractivity contribution in [2.75, 3.05) is 18.9 Å². The second-order valence-electron chi connectivity index (χ2n) is 5.27. The highest BCUT2D eigenvalue weighted by atomic mass is 35.5. The number of aryl methyl sites for hydroxylation is 1. The number of nitrogens with one attached hydrogen (secondary N) is 1. The molecule has 0 saturated heterocycles. The van der Waals surface area contributed by atoms with Crippen molar-refractivity contribution in [3.8, 4) is 0 Å². The lowest BCUT2D eigenvalue weighted by Gasteiger charge is -2.17. The third-order valence-electron chi connectivity index (χ3n) is 3.46. The third kappa shape index (κ3) is 4.83. The molecule has 0 heterocycles. The van der Waals surface area contributed by atoms with E-state index in [4.69, 9.17) is 11.6 Å². The van der Waals surface area contributed by atoms with E-state index in [-0.39, 0.29) is 18.4 Å². The van der Waals surface area contributed by atoms with E-state index in [2.05, 4.69) is 12.2 Å². The van der Waals surface area contributed by atoms with Crippen LogP contribution in [0.4, 0.5) is 5.69 Å². The van der Waals surface area contributed by atoms with E-state index in [1.165, 1.54) is 10.5 Å². The van der Waals surface area contributed by atoms with Crippen LogP contribution in [0.3, 0.4) is 0 Å². The predicted molar refractivity (Wildman–Crippen MR) is 92.9 cm³/mol. The molecule has 4 nitrogen and oxygen atoms in total. The van der Waals surface area contributed by atoms with Gasteiger partial charge in [0, 0.05) is 23.3 Å². The summed E-state index contributed by atoms with van der Waals surface area (Å²) in [5.74, 6) is -0.438. The van der Waals surface area contributed by atoms with Gasteiger partial charge >= 0.3 is 0 Å². The van der Waals surface area contributed by atoms with E-state index in [1.807, 2.05) is 12.1 Å². The van der Waals surface area contributed by atoms with E-state index in [9.17, 15) is 9.59 Å². The first-order valence-corrected chi connectivity index (χ1v) is 7.77. The highest BCUT2D eigenvalue weighted by Gasteiger charge is 2.15. The summed E-state index contributed by atoms with van der Waals surface area (Å²) in [6.45, 7) is 2.04. The molecular weight excluding hydrogens is 312 g/mol.